The number of unbranched alkanes of at least 4 members (excludes halogenated alkanes) is 1. The van der Waals surface area contributed by atoms with Crippen LogP contribution in [0.25, 0.3) is 0 Å². The van der Waals surface area contributed by atoms with E-state index >= 15 is 0 Å². The monoisotopic (exact) mass is 396 g/mol. The highest BCUT2D eigenvalue weighted by atomic mass is 35.5. The van der Waals surface area contributed by atoms with E-state index in [4.69, 9.17) is 21.1 Å². The Hall–Kier alpha value is -1.59. The van der Waals surface area contributed by atoms with Crippen LogP contribution in [0.5, 0.6) is 0 Å². The number of rotatable bonds is 10. The van der Waals surface area contributed by atoms with E-state index in [9.17, 15) is 9.59 Å². The lowest BCUT2D eigenvalue weighted by Gasteiger charge is -2.21. The summed E-state index contributed by atoms with van der Waals surface area (Å²) in [4.78, 5) is 24.1. The lowest BCUT2D eigenvalue weighted by atomic mass is 10.1. The molecule has 0 heterocycles. The predicted octanol–water partition coefficient (Wildman–Crippen LogP) is 5.05. The Kier molecular flexibility index (Phi) is 9.66. The van der Waals surface area contributed by atoms with Crippen molar-refractivity contribution in [2.75, 3.05) is 5.88 Å². The topological polar surface area (TPSA) is 52.6 Å². The third-order valence-electron chi connectivity index (χ3n) is 3.55. The van der Waals surface area contributed by atoms with Gasteiger partial charge >= 0.3 is 11.9 Å². The van der Waals surface area contributed by atoms with Crippen molar-refractivity contribution in [3.8, 4) is 0 Å². The zero-order valence-corrected chi connectivity index (χ0v) is 17.8. The molecule has 0 aliphatic rings. The van der Waals surface area contributed by atoms with Crippen LogP contribution < -0.4 is 0 Å². The number of carbonyl (C=O) groups is 2. The number of hydrogen-bond acceptors (Lipinski definition) is 4. The number of ether oxygens (including phenoxy) is 2. The van der Waals surface area contributed by atoms with E-state index in [0.29, 0.717) is 17.9 Å². The molecule has 0 aromatic heterocycles. The Morgan fingerprint density at radius 2 is 1.77 bits per heavy atom. The SMILES string of the molecule is CC(=O)O[C@H](C(=O)O[C@H](/C=C/[Si](C)(C)C)CCCCCl)c1ccccc1. The van der Waals surface area contributed by atoms with Crippen molar-refractivity contribution in [2.24, 2.45) is 0 Å². The average Bonchev–Trinajstić information content (AvgIpc) is 2.57. The third-order valence-corrected chi connectivity index (χ3v) is 5.01. The van der Waals surface area contributed by atoms with Gasteiger partial charge in [-0.3, -0.25) is 4.79 Å². The maximum Gasteiger partial charge on any atom is 0.352 e. The van der Waals surface area contributed by atoms with E-state index in [1.165, 1.54) is 6.92 Å². The molecule has 2 atom stereocenters. The highest BCUT2D eigenvalue weighted by Crippen LogP contribution is 2.21. The van der Waals surface area contributed by atoms with Crippen LogP contribution in [0.15, 0.2) is 42.1 Å². The second-order valence-electron chi connectivity index (χ2n) is 7.29. The quantitative estimate of drug-likeness (QED) is 0.240. The van der Waals surface area contributed by atoms with Gasteiger partial charge in [0.15, 0.2) is 0 Å². The number of esters is 2. The van der Waals surface area contributed by atoms with Crippen molar-refractivity contribution in [1.29, 1.82) is 0 Å². The van der Waals surface area contributed by atoms with Crippen molar-refractivity contribution < 1.29 is 19.1 Å². The van der Waals surface area contributed by atoms with Gasteiger partial charge in [-0.2, -0.15) is 0 Å². The number of hydrogen-bond donors (Lipinski definition) is 0. The van der Waals surface area contributed by atoms with Gasteiger partial charge < -0.3 is 9.47 Å². The summed E-state index contributed by atoms with van der Waals surface area (Å²) in [7, 11) is -1.42. The minimum absolute atomic E-state index is 0.348. The van der Waals surface area contributed by atoms with Crippen LogP contribution in [0, 0.1) is 0 Å². The van der Waals surface area contributed by atoms with Crippen LogP contribution in [0.1, 0.15) is 37.9 Å². The van der Waals surface area contributed by atoms with Crippen LogP contribution in [0.4, 0.5) is 0 Å². The molecule has 0 bridgehead atoms. The summed E-state index contributed by atoms with van der Waals surface area (Å²) >= 11 is 5.75. The molecule has 6 heteroatoms. The van der Waals surface area contributed by atoms with Crippen LogP contribution in [-0.2, 0) is 19.1 Å². The maximum atomic E-state index is 12.7. The minimum Gasteiger partial charge on any atom is -0.455 e. The van der Waals surface area contributed by atoms with Crippen molar-refractivity contribution in [2.45, 2.75) is 58.0 Å². The lowest BCUT2D eigenvalue weighted by Crippen LogP contribution is -2.26. The van der Waals surface area contributed by atoms with E-state index in [0.717, 1.165) is 12.8 Å². The molecule has 0 N–H and O–H groups in total. The van der Waals surface area contributed by atoms with Gasteiger partial charge in [-0.25, -0.2) is 4.79 Å². The highest BCUT2D eigenvalue weighted by Gasteiger charge is 2.27. The molecule has 0 radical (unpaired) electrons. The van der Waals surface area contributed by atoms with Gasteiger partial charge in [-0.1, -0.05) is 61.7 Å². The summed E-state index contributed by atoms with van der Waals surface area (Å²) in [6.07, 6.45) is 2.99. The third kappa shape index (κ3) is 9.20. The van der Waals surface area contributed by atoms with E-state index in [-0.39, 0.29) is 6.10 Å². The van der Waals surface area contributed by atoms with E-state index in [1.807, 2.05) is 12.1 Å². The van der Waals surface area contributed by atoms with Crippen molar-refractivity contribution in [3.63, 3.8) is 0 Å². The molecule has 1 aromatic rings. The Morgan fingerprint density at radius 3 is 2.31 bits per heavy atom. The summed E-state index contributed by atoms with van der Waals surface area (Å²) in [6, 6.07) is 8.92. The van der Waals surface area contributed by atoms with Gasteiger partial charge in [-0.05, 0) is 19.3 Å². The maximum absolute atomic E-state index is 12.7. The zero-order valence-electron chi connectivity index (χ0n) is 16.0. The molecule has 0 saturated heterocycles. The zero-order chi connectivity index (χ0) is 19.6. The van der Waals surface area contributed by atoms with Gasteiger partial charge in [0.25, 0.3) is 0 Å². The molecule has 0 unspecified atom stereocenters. The van der Waals surface area contributed by atoms with Gasteiger partial charge in [0.1, 0.15) is 6.10 Å². The normalized spacial score (nSPS) is 14.0. The number of alkyl halides is 1. The fraction of sp³-hybridized carbons (Fsp3) is 0.500. The lowest BCUT2D eigenvalue weighted by molar-refractivity contribution is -0.169. The molecule has 144 valence electrons. The molecule has 0 aliphatic carbocycles. The van der Waals surface area contributed by atoms with Crippen molar-refractivity contribution >= 4 is 31.6 Å². The highest BCUT2D eigenvalue weighted by molar-refractivity contribution is 6.80. The molecule has 0 fully saturated rings. The molecular formula is C20H29ClO4Si. The van der Waals surface area contributed by atoms with E-state index in [1.54, 1.807) is 24.3 Å². The summed E-state index contributed by atoms with van der Waals surface area (Å²) in [5, 5.41) is 0. The Morgan fingerprint density at radius 1 is 1.12 bits per heavy atom. The van der Waals surface area contributed by atoms with E-state index < -0.39 is 26.1 Å². The smallest absolute Gasteiger partial charge is 0.352 e. The summed E-state index contributed by atoms with van der Waals surface area (Å²) < 4.78 is 10.9. The molecule has 26 heavy (non-hydrogen) atoms. The molecule has 0 saturated carbocycles. The molecular weight excluding hydrogens is 368 g/mol. The Labute approximate surface area is 162 Å². The fourth-order valence-electron chi connectivity index (χ4n) is 2.29. The van der Waals surface area contributed by atoms with Crippen LogP contribution in [0.3, 0.4) is 0 Å². The summed E-state index contributed by atoms with van der Waals surface area (Å²) in [5.41, 5.74) is 2.76. The largest absolute Gasteiger partial charge is 0.455 e. The summed E-state index contributed by atoms with van der Waals surface area (Å²) in [6.45, 7) is 7.93. The van der Waals surface area contributed by atoms with Crippen LogP contribution in [-0.4, -0.2) is 32.0 Å². The molecule has 0 spiro atoms. The van der Waals surface area contributed by atoms with Gasteiger partial charge in [0.05, 0.1) is 8.07 Å². The molecule has 4 nitrogen and oxygen atoms in total. The molecule has 1 rings (SSSR count). The first kappa shape index (κ1) is 22.4. The van der Waals surface area contributed by atoms with Gasteiger partial charge in [0.2, 0.25) is 6.10 Å². The van der Waals surface area contributed by atoms with Crippen LogP contribution >= 0.6 is 11.6 Å². The summed E-state index contributed by atoms with van der Waals surface area (Å²) in [5.74, 6) is -0.493. The first-order valence-corrected chi connectivity index (χ1v) is 13.0. The minimum atomic E-state index is -1.42. The second-order valence-corrected chi connectivity index (χ2v) is 12.7. The predicted molar refractivity (Wildman–Crippen MR) is 108 cm³/mol. The number of carbonyl (C=O) groups excluding carboxylic acids is 2. The standard InChI is InChI=1S/C20H29ClO4Si/c1-16(22)24-19(17-10-6-5-7-11-17)20(23)25-18(12-8-9-14-21)13-15-26(2,3)4/h5-7,10-11,13,15,18-19H,8-9,12,14H2,1-4H3/b15-13+/t18-,19-/m0/s1. The average molecular weight is 397 g/mol. The Bertz CT molecular complexity index is 596. The molecule has 0 amide bonds. The molecule has 1 aromatic carbocycles. The molecule has 0 aliphatic heterocycles. The van der Waals surface area contributed by atoms with Crippen LogP contribution in [0.2, 0.25) is 19.6 Å². The number of benzene rings is 1. The van der Waals surface area contributed by atoms with Gasteiger partial charge in [0, 0.05) is 18.4 Å². The van der Waals surface area contributed by atoms with Crippen molar-refractivity contribution in [1.82, 2.24) is 0 Å². The number of halogens is 1. The first-order valence-electron chi connectivity index (χ1n) is 8.91. The second kappa shape index (κ2) is 11.2. The van der Waals surface area contributed by atoms with Crippen molar-refractivity contribution in [3.05, 3.63) is 47.7 Å². The fourth-order valence-corrected chi connectivity index (χ4v) is 3.27. The van der Waals surface area contributed by atoms with Gasteiger partial charge in [-0.15, -0.1) is 11.6 Å². The Balaban J connectivity index is 2.91. The first-order chi connectivity index (χ1) is 12.2. The van der Waals surface area contributed by atoms with E-state index in [2.05, 4.69) is 25.3 Å².